The molecule has 0 spiro atoms. The van der Waals surface area contributed by atoms with Crippen molar-refractivity contribution in [2.75, 3.05) is 0 Å². The summed E-state index contributed by atoms with van der Waals surface area (Å²) in [5.41, 5.74) is 2.18. The fourth-order valence-corrected chi connectivity index (χ4v) is 2.90. The molecule has 0 radical (unpaired) electrons. The Labute approximate surface area is 141 Å². The van der Waals surface area contributed by atoms with E-state index in [1.807, 2.05) is 36.4 Å². The molecule has 3 rings (SSSR count). The Balaban J connectivity index is 1.84. The topological polar surface area (TPSA) is 27.1 Å². The van der Waals surface area contributed by atoms with Crippen molar-refractivity contribution in [2.45, 2.75) is 39.3 Å². The van der Waals surface area contributed by atoms with Gasteiger partial charge in [-0.15, -0.1) is 0 Å². The van der Waals surface area contributed by atoms with Crippen molar-refractivity contribution in [2.24, 2.45) is 0 Å². The van der Waals surface area contributed by atoms with Crippen LogP contribution in [0.25, 0.3) is 11.0 Å². The standard InChI is InChI=1S/C19H21ClN2O/c1-2-3-8-13-22-17-11-6-5-10-16(17)21-19(22)14-23-18-12-7-4-9-15(18)20/h4-7,9-12H,2-3,8,13-14H2,1H3. The Morgan fingerprint density at radius 3 is 2.65 bits per heavy atom. The first-order chi connectivity index (χ1) is 11.3. The molecule has 0 amide bonds. The van der Waals surface area contributed by atoms with Crippen molar-refractivity contribution < 1.29 is 4.74 Å². The van der Waals surface area contributed by atoms with Gasteiger partial charge in [0.2, 0.25) is 0 Å². The lowest BCUT2D eigenvalue weighted by molar-refractivity contribution is 0.289. The third-order valence-corrected chi connectivity index (χ3v) is 4.22. The highest BCUT2D eigenvalue weighted by atomic mass is 35.5. The Morgan fingerprint density at radius 2 is 1.83 bits per heavy atom. The van der Waals surface area contributed by atoms with E-state index in [1.165, 1.54) is 18.4 Å². The number of aryl methyl sites for hydroxylation is 1. The molecule has 1 heterocycles. The number of unbranched alkanes of at least 4 members (excludes halogenated alkanes) is 2. The summed E-state index contributed by atoms with van der Waals surface area (Å²) in [4.78, 5) is 4.73. The number of nitrogens with zero attached hydrogens (tertiary/aromatic N) is 2. The predicted molar refractivity (Wildman–Crippen MR) is 95.0 cm³/mol. The van der Waals surface area contributed by atoms with Gasteiger partial charge in [0, 0.05) is 6.54 Å². The fraction of sp³-hybridized carbons (Fsp3) is 0.316. The molecule has 0 N–H and O–H groups in total. The number of fused-ring (bicyclic) bond motifs is 1. The SMILES string of the molecule is CCCCCn1c(COc2ccccc2Cl)nc2ccccc21. The van der Waals surface area contributed by atoms with Crippen LogP contribution in [-0.4, -0.2) is 9.55 Å². The quantitative estimate of drug-likeness (QED) is 0.538. The molecule has 3 nitrogen and oxygen atoms in total. The summed E-state index contributed by atoms with van der Waals surface area (Å²) < 4.78 is 8.15. The summed E-state index contributed by atoms with van der Waals surface area (Å²) in [6, 6.07) is 15.8. The highest BCUT2D eigenvalue weighted by Crippen LogP contribution is 2.25. The first-order valence-corrected chi connectivity index (χ1v) is 8.49. The van der Waals surface area contributed by atoms with Crippen molar-refractivity contribution in [3.63, 3.8) is 0 Å². The van der Waals surface area contributed by atoms with E-state index in [9.17, 15) is 0 Å². The summed E-state index contributed by atoms with van der Waals surface area (Å²) in [7, 11) is 0. The van der Waals surface area contributed by atoms with Crippen LogP contribution in [-0.2, 0) is 13.2 Å². The summed E-state index contributed by atoms with van der Waals surface area (Å²) in [5.74, 6) is 1.64. The van der Waals surface area contributed by atoms with Crippen LogP contribution >= 0.6 is 11.6 Å². The molecule has 120 valence electrons. The average molecular weight is 329 g/mol. The minimum Gasteiger partial charge on any atom is -0.484 e. The predicted octanol–water partition coefficient (Wildman–Crippen LogP) is 5.46. The van der Waals surface area contributed by atoms with Gasteiger partial charge in [0.25, 0.3) is 0 Å². The second-order valence-electron chi connectivity index (χ2n) is 5.59. The number of rotatable bonds is 7. The van der Waals surface area contributed by atoms with Crippen LogP contribution in [0.5, 0.6) is 5.75 Å². The molecule has 1 aromatic heterocycles. The summed E-state index contributed by atoms with van der Waals surface area (Å²) in [6.45, 7) is 3.60. The Kier molecular flexibility index (Phi) is 5.19. The third kappa shape index (κ3) is 3.67. The first-order valence-electron chi connectivity index (χ1n) is 8.11. The number of aromatic nitrogens is 2. The lowest BCUT2D eigenvalue weighted by Crippen LogP contribution is -2.07. The van der Waals surface area contributed by atoms with Crippen molar-refractivity contribution in [3.05, 3.63) is 59.4 Å². The van der Waals surface area contributed by atoms with Gasteiger partial charge in [0.1, 0.15) is 18.2 Å². The molecular weight excluding hydrogens is 308 g/mol. The molecule has 0 saturated heterocycles. The first kappa shape index (κ1) is 15.9. The van der Waals surface area contributed by atoms with E-state index in [2.05, 4.69) is 23.6 Å². The summed E-state index contributed by atoms with van der Waals surface area (Å²) in [6.07, 6.45) is 3.57. The zero-order valence-electron chi connectivity index (χ0n) is 13.3. The van der Waals surface area contributed by atoms with E-state index >= 15 is 0 Å². The number of hydrogen-bond acceptors (Lipinski definition) is 2. The maximum absolute atomic E-state index is 6.16. The molecule has 3 aromatic rings. The van der Waals surface area contributed by atoms with E-state index in [1.54, 1.807) is 0 Å². The number of para-hydroxylation sites is 3. The number of ether oxygens (including phenoxy) is 1. The van der Waals surface area contributed by atoms with Crippen molar-refractivity contribution in [3.8, 4) is 5.75 Å². The van der Waals surface area contributed by atoms with Gasteiger partial charge in [0.15, 0.2) is 0 Å². The van der Waals surface area contributed by atoms with Crippen LogP contribution in [0, 0.1) is 0 Å². The molecule has 23 heavy (non-hydrogen) atoms. The molecule has 0 aliphatic heterocycles. The highest BCUT2D eigenvalue weighted by molar-refractivity contribution is 6.32. The fourth-order valence-electron chi connectivity index (χ4n) is 2.71. The Hall–Kier alpha value is -2.00. The normalized spacial score (nSPS) is 11.0. The van der Waals surface area contributed by atoms with Gasteiger partial charge < -0.3 is 9.30 Å². The van der Waals surface area contributed by atoms with E-state index in [-0.39, 0.29) is 0 Å². The van der Waals surface area contributed by atoms with Crippen molar-refractivity contribution >= 4 is 22.6 Å². The van der Waals surface area contributed by atoms with Gasteiger partial charge in [0.05, 0.1) is 16.1 Å². The minimum absolute atomic E-state index is 0.421. The molecule has 0 saturated carbocycles. The van der Waals surface area contributed by atoms with Gasteiger partial charge >= 0.3 is 0 Å². The van der Waals surface area contributed by atoms with Crippen molar-refractivity contribution in [1.29, 1.82) is 0 Å². The second-order valence-corrected chi connectivity index (χ2v) is 6.00. The number of halogens is 1. The van der Waals surface area contributed by atoms with Crippen LogP contribution in [0.4, 0.5) is 0 Å². The smallest absolute Gasteiger partial charge is 0.147 e. The van der Waals surface area contributed by atoms with Crippen LogP contribution in [0.3, 0.4) is 0 Å². The maximum Gasteiger partial charge on any atom is 0.147 e. The molecule has 0 unspecified atom stereocenters. The van der Waals surface area contributed by atoms with E-state index in [0.717, 1.165) is 24.3 Å². The lowest BCUT2D eigenvalue weighted by Gasteiger charge is -2.11. The average Bonchev–Trinajstić information content (AvgIpc) is 2.92. The molecular formula is C19H21ClN2O. The van der Waals surface area contributed by atoms with Crippen LogP contribution in [0.15, 0.2) is 48.5 Å². The van der Waals surface area contributed by atoms with Gasteiger partial charge in [-0.1, -0.05) is 55.6 Å². The van der Waals surface area contributed by atoms with Crippen LogP contribution in [0.1, 0.15) is 32.0 Å². The molecule has 4 heteroatoms. The molecule has 0 fully saturated rings. The van der Waals surface area contributed by atoms with Gasteiger partial charge in [-0.05, 0) is 30.7 Å². The summed E-state index contributed by atoms with van der Waals surface area (Å²) >= 11 is 6.16. The maximum atomic E-state index is 6.16. The van der Waals surface area contributed by atoms with Crippen LogP contribution < -0.4 is 4.74 Å². The molecule has 0 aliphatic carbocycles. The van der Waals surface area contributed by atoms with Gasteiger partial charge in [-0.2, -0.15) is 0 Å². The second kappa shape index (κ2) is 7.51. The van der Waals surface area contributed by atoms with E-state index < -0.39 is 0 Å². The van der Waals surface area contributed by atoms with Gasteiger partial charge in [-0.3, -0.25) is 0 Å². The molecule has 0 atom stereocenters. The Bertz CT molecular complexity index is 782. The largest absolute Gasteiger partial charge is 0.484 e. The monoisotopic (exact) mass is 328 g/mol. The zero-order chi connectivity index (χ0) is 16.1. The third-order valence-electron chi connectivity index (χ3n) is 3.91. The summed E-state index contributed by atoms with van der Waals surface area (Å²) in [5, 5.41) is 0.626. The molecule has 0 bridgehead atoms. The Morgan fingerprint density at radius 1 is 1.04 bits per heavy atom. The highest BCUT2D eigenvalue weighted by Gasteiger charge is 2.11. The van der Waals surface area contributed by atoms with Gasteiger partial charge in [-0.25, -0.2) is 4.98 Å². The lowest BCUT2D eigenvalue weighted by atomic mass is 10.2. The van der Waals surface area contributed by atoms with Crippen molar-refractivity contribution in [1.82, 2.24) is 9.55 Å². The number of benzene rings is 2. The molecule has 2 aromatic carbocycles. The molecule has 0 aliphatic rings. The number of imidazole rings is 1. The van der Waals surface area contributed by atoms with E-state index in [4.69, 9.17) is 21.3 Å². The number of hydrogen-bond donors (Lipinski definition) is 0. The zero-order valence-corrected chi connectivity index (χ0v) is 14.1. The minimum atomic E-state index is 0.421. The van der Waals surface area contributed by atoms with E-state index in [0.29, 0.717) is 17.4 Å². The van der Waals surface area contributed by atoms with Crippen LogP contribution in [0.2, 0.25) is 5.02 Å².